The number of carbonyl (C=O) groups excluding carboxylic acids is 2. The Kier molecular flexibility index (Phi) is 5.49. The van der Waals surface area contributed by atoms with Gasteiger partial charge in [-0.25, -0.2) is 10.2 Å². The molecule has 0 unspecified atom stereocenters. The fraction of sp³-hybridized carbons (Fsp3) is 0.250. The van der Waals surface area contributed by atoms with Crippen molar-refractivity contribution >= 4 is 17.8 Å². The van der Waals surface area contributed by atoms with Crippen LogP contribution in [0.3, 0.4) is 0 Å². The molecule has 0 heterocycles. The minimum atomic E-state index is -1.64. The lowest BCUT2D eigenvalue weighted by molar-refractivity contribution is -0.151. The Morgan fingerprint density at radius 3 is 2.42 bits per heavy atom. The summed E-state index contributed by atoms with van der Waals surface area (Å²) in [6, 6.07) is 8.18. The van der Waals surface area contributed by atoms with Crippen molar-refractivity contribution in [2.24, 2.45) is 0 Å². The summed E-state index contributed by atoms with van der Waals surface area (Å²) in [6.07, 6.45) is 0.257. The molecule has 1 aromatic carbocycles. The fourth-order valence-electron chi connectivity index (χ4n) is 1.39. The molecule has 0 radical (unpaired) electrons. The smallest absolute Gasteiger partial charge is 0.395 e. The van der Waals surface area contributed by atoms with Crippen LogP contribution >= 0.6 is 0 Å². The first-order chi connectivity index (χ1) is 9.04. The van der Waals surface area contributed by atoms with Crippen LogP contribution in [0, 0.1) is 0 Å². The van der Waals surface area contributed by atoms with Gasteiger partial charge in [0, 0.05) is 6.42 Å². The van der Waals surface area contributed by atoms with Gasteiger partial charge in [-0.05, 0) is 5.56 Å². The Morgan fingerprint density at radius 1 is 1.26 bits per heavy atom. The Bertz CT molecular complexity index is 460. The number of amides is 1. The summed E-state index contributed by atoms with van der Waals surface area (Å²) in [5.41, 5.74) is 5.12. The van der Waals surface area contributed by atoms with Crippen molar-refractivity contribution in [3.8, 4) is 0 Å². The minimum Gasteiger partial charge on any atom is -0.474 e. The highest BCUT2D eigenvalue weighted by atomic mass is 16.5. The van der Waals surface area contributed by atoms with Gasteiger partial charge in [-0.1, -0.05) is 30.3 Å². The first-order valence-corrected chi connectivity index (χ1v) is 5.45. The molecule has 7 heteroatoms. The molecule has 1 aromatic rings. The molecule has 0 spiro atoms. The maximum absolute atomic E-state index is 11.5. The number of nitrogens with one attached hydrogen (secondary N) is 2. The highest BCUT2D eigenvalue weighted by molar-refractivity contribution is 6.31. The third-order valence-electron chi connectivity index (χ3n) is 2.32. The maximum Gasteiger partial charge on any atom is 0.395 e. The fourth-order valence-corrected chi connectivity index (χ4v) is 1.39. The molecule has 1 rings (SSSR count). The topological polar surface area (TPSA) is 105 Å². The van der Waals surface area contributed by atoms with Crippen molar-refractivity contribution in [3.63, 3.8) is 0 Å². The van der Waals surface area contributed by atoms with E-state index in [1.54, 1.807) is 24.3 Å². The lowest BCUT2D eigenvalue weighted by atomic mass is 10.1. The Balaban J connectivity index is 2.65. The molecule has 0 aromatic heterocycles. The van der Waals surface area contributed by atoms with E-state index in [0.717, 1.165) is 5.56 Å². The average Bonchev–Trinajstić information content (AvgIpc) is 2.43. The van der Waals surface area contributed by atoms with Crippen molar-refractivity contribution in [2.75, 3.05) is 7.11 Å². The van der Waals surface area contributed by atoms with E-state index in [4.69, 9.17) is 5.11 Å². The van der Waals surface area contributed by atoms with Crippen molar-refractivity contribution < 1.29 is 24.2 Å². The normalized spacial score (nSPS) is 11.4. The number of methoxy groups -OCH3 is 1. The summed E-state index contributed by atoms with van der Waals surface area (Å²) < 4.78 is 4.58. The first kappa shape index (κ1) is 14.7. The van der Waals surface area contributed by atoms with Gasteiger partial charge in [0.2, 0.25) is 0 Å². The van der Waals surface area contributed by atoms with Crippen LogP contribution in [-0.4, -0.2) is 36.1 Å². The largest absolute Gasteiger partial charge is 0.474 e. The number of esters is 1. The molecule has 0 bridgehead atoms. The van der Waals surface area contributed by atoms with Gasteiger partial charge in [-0.2, -0.15) is 0 Å². The van der Waals surface area contributed by atoms with Gasteiger partial charge < -0.3 is 9.84 Å². The van der Waals surface area contributed by atoms with Crippen LogP contribution in [0.25, 0.3) is 0 Å². The number of benzene rings is 1. The second-order valence-corrected chi connectivity index (χ2v) is 3.67. The van der Waals surface area contributed by atoms with E-state index in [-0.39, 0.29) is 6.42 Å². The summed E-state index contributed by atoms with van der Waals surface area (Å²) in [4.78, 5) is 32.7. The summed E-state index contributed by atoms with van der Waals surface area (Å²) in [7, 11) is 1.21. The molecule has 19 heavy (non-hydrogen) atoms. The number of carboxylic acid groups (broad SMARTS) is 1. The van der Waals surface area contributed by atoms with Gasteiger partial charge >= 0.3 is 17.8 Å². The lowest BCUT2D eigenvalue weighted by Crippen LogP contribution is -2.51. The number of carbonyl (C=O) groups is 3. The molecular formula is C12H14N2O5. The van der Waals surface area contributed by atoms with E-state index in [2.05, 4.69) is 10.2 Å². The number of hydrogen-bond acceptors (Lipinski definition) is 5. The summed E-state index contributed by atoms with van der Waals surface area (Å²) in [5, 5.41) is 8.41. The lowest BCUT2D eigenvalue weighted by Gasteiger charge is -2.16. The minimum absolute atomic E-state index is 0.257. The van der Waals surface area contributed by atoms with Crippen molar-refractivity contribution in [1.82, 2.24) is 10.9 Å². The van der Waals surface area contributed by atoms with Crippen LogP contribution in [0.1, 0.15) is 5.56 Å². The Morgan fingerprint density at radius 2 is 1.89 bits per heavy atom. The Labute approximate surface area is 109 Å². The van der Waals surface area contributed by atoms with E-state index < -0.39 is 23.9 Å². The van der Waals surface area contributed by atoms with Gasteiger partial charge in [0.15, 0.2) is 0 Å². The monoisotopic (exact) mass is 266 g/mol. The van der Waals surface area contributed by atoms with Crippen LogP contribution < -0.4 is 10.9 Å². The molecule has 0 aliphatic rings. The second kappa shape index (κ2) is 7.12. The molecule has 0 aliphatic heterocycles. The second-order valence-electron chi connectivity index (χ2n) is 3.67. The molecular weight excluding hydrogens is 252 g/mol. The van der Waals surface area contributed by atoms with Crippen LogP contribution in [-0.2, 0) is 25.5 Å². The standard InChI is InChI=1S/C12H14N2O5/c1-19-12(18)9(13-14-10(15)11(16)17)7-8-5-3-2-4-6-8/h2-6,9,13H,7H2,1H3,(H,14,15)(H,16,17)/t9-/m0/s1. The SMILES string of the molecule is COC(=O)[C@H](Cc1ccccc1)NNC(=O)C(=O)O. The van der Waals surface area contributed by atoms with E-state index in [1.807, 2.05) is 11.5 Å². The van der Waals surface area contributed by atoms with Crippen molar-refractivity contribution in [2.45, 2.75) is 12.5 Å². The number of rotatable bonds is 5. The zero-order valence-corrected chi connectivity index (χ0v) is 10.3. The summed E-state index contributed by atoms with van der Waals surface area (Å²) >= 11 is 0. The summed E-state index contributed by atoms with van der Waals surface area (Å²) in [6.45, 7) is 0. The predicted molar refractivity (Wildman–Crippen MR) is 64.9 cm³/mol. The van der Waals surface area contributed by atoms with E-state index in [1.165, 1.54) is 7.11 Å². The number of carboxylic acids is 1. The van der Waals surface area contributed by atoms with Gasteiger partial charge in [0.25, 0.3) is 0 Å². The molecule has 0 fully saturated rings. The third kappa shape index (κ3) is 4.76. The molecule has 1 atom stereocenters. The van der Waals surface area contributed by atoms with Gasteiger partial charge in [0.1, 0.15) is 6.04 Å². The molecule has 7 nitrogen and oxygen atoms in total. The van der Waals surface area contributed by atoms with E-state index in [0.29, 0.717) is 0 Å². The molecule has 0 aliphatic carbocycles. The first-order valence-electron chi connectivity index (χ1n) is 5.45. The van der Waals surface area contributed by atoms with Gasteiger partial charge in [0.05, 0.1) is 7.11 Å². The highest BCUT2D eigenvalue weighted by Crippen LogP contribution is 2.03. The maximum atomic E-state index is 11.5. The van der Waals surface area contributed by atoms with Crippen molar-refractivity contribution in [3.05, 3.63) is 35.9 Å². The third-order valence-corrected chi connectivity index (χ3v) is 2.32. The quantitative estimate of drug-likeness (QED) is 0.376. The van der Waals surface area contributed by atoms with E-state index >= 15 is 0 Å². The summed E-state index contributed by atoms with van der Waals surface area (Å²) in [5.74, 6) is -3.49. The molecule has 0 saturated heterocycles. The predicted octanol–water partition coefficient (Wildman–Crippen LogP) is -0.524. The van der Waals surface area contributed by atoms with Crippen molar-refractivity contribution in [1.29, 1.82) is 0 Å². The molecule has 1 amide bonds. The van der Waals surface area contributed by atoms with Gasteiger partial charge in [-0.3, -0.25) is 15.0 Å². The van der Waals surface area contributed by atoms with Crippen LogP contribution in [0.4, 0.5) is 0 Å². The van der Waals surface area contributed by atoms with Crippen LogP contribution in [0.2, 0.25) is 0 Å². The van der Waals surface area contributed by atoms with E-state index in [9.17, 15) is 14.4 Å². The zero-order chi connectivity index (χ0) is 14.3. The van der Waals surface area contributed by atoms with Crippen LogP contribution in [0.15, 0.2) is 30.3 Å². The molecule has 102 valence electrons. The molecule has 3 N–H and O–H groups in total. The van der Waals surface area contributed by atoms with Gasteiger partial charge in [-0.15, -0.1) is 0 Å². The molecule has 0 saturated carbocycles. The zero-order valence-electron chi connectivity index (χ0n) is 10.3. The average molecular weight is 266 g/mol. The number of ether oxygens (including phenoxy) is 1. The number of hydrazine groups is 1. The Hall–Kier alpha value is -2.41. The number of hydrogen-bond donors (Lipinski definition) is 3. The van der Waals surface area contributed by atoms with Crippen LogP contribution in [0.5, 0.6) is 0 Å². The number of aliphatic carboxylic acids is 1. The highest BCUT2D eigenvalue weighted by Gasteiger charge is 2.21.